The van der Waals surface area contributed by atoms with E-state index in [9.17, 15) is 13.2 Å². The van der Waals surface area contributed by atoms with E-state index in [0.717, 1.165) is 29.7 Å². The average Bonchev–Trinajstić information content (AvgIpc) is 2.61. The number of fused-ring (bicyclic) bond motifs is 1. The van der Waals surface area contributed by atoms with Gasteiger partial charge in [0.2, 0.25) is 5.96 Å². The van der Waals surface area contributed by atoms with Gasteiger partial charge in [0.05, 0.1) is 16.3 Å². The molecule has 0 radical (unpaired) electrons. The minimum absolute atomic E-state index is 0.114. The van der Waals surface area contributed by atoms with E-state index in [0.29, 0.717) is 35.1 Å². The van der Waals surface area contributed by atoms with Crippen molar-refractivity contribution in [1.29, 1.82) is 0 Å². The first-order chi connectivity index (χ1) is 12.3. The minimum atomic E-state index is -4.41. The van der Waals surface area contributed by atoms with Crippen molar-refractivity contribution in [3.05, 3.63) is 58.1 Å². The number of anilines is 1. The highest BCUT2D eigenvalue weighted by Crippen LogP contribution is 2.36. The van der Waals surface area contributed by atoms with E-state index in [4.69, 9.17) is 17.3 Å². The lowest BCUT2D eigenvalue weighted by Gasteiger charge is -2.31. The van der Waals surface area contributed by atoms with Crippen LogP contribution in [0.15, 0.2) is 41.4 Å². The second-order valence-electron chi connectivity index (χ2n) is 6.01. The third kappa shape index (κ3) is 3.94. The quantitative estimate of drug-likeness (QED) is 0.414. The van der Waals surface area contributed by atoms with Gasteiger partial charge in [-0.05, 0) is 48.2 Å². The predicted octanol–water partition coefficient (Wildman–Crippen LogP) is 5.19. The number of alkyl halides is 3. The molecule has 8 heteroatoms. The highest BCUT2D eigenvalue weighted by atomic mass is 35.5. The van der Waals surface area contributed by atoms with Gasteiger partial charge in [0.25, 0.3) is 0 Å². The SMILES string of the molecule is NC(=Nc1cc(CS)ccc1Cl)N1CCCc2ccc(C(F)(F)F)cc21. The van der Waals surface area contributed by atoms with Crippen LogP contribution in [0.3, 0.4) is 0 Å². The topological polar surface area (TPSA) is 41.6 Å². The number of hydrogen-bond acceptors (Lipinski definition) is 2. The van der Waals surface area contributed by atoms with Crippen LogP contribution in [0, 0.1) is 0 Å². The fraction of sp³-hybridized carbons (Fsp3) is 0.278. The van der Waals surface area contributed by atoms with E-state index in [2.05, 4.69) is 17.6 Å². The van der Waals surface area contributed by atoms with E-state index in [1.807, 2.05) is 6.07 Å². The van der Waals surface area contributed by atoms with Crippen molar-refractivity contribution in [2.45, 2.75) is 24.8 Å². The maximum Gasteiger partial charge on any atom is 0.416 e. The van der Waals surface area contributed by atoms with Gasteiger partial charge >= 0.3 is 6.18 Å². The predicted molar refractivity (Wildman–Crippen MR) is 103 cm³/mol. The molecule has 0 aromatic heterocycles. The van der Waals surface area contributed by atoms with Crippen LogP contribution in [0.2, 0.25) is 5.02 Å². The molecule has 138 valence electrons. The van der Waals surface area contributed by atoms with Gasteiger partial charge in [-0.1, -0.05) is 23.7 Å². The van der Waals surface area contributed by atoms with E-state index >= 15 is 0 Å². The second-order valence-corrected chi connectivity index (χ2v) is 6.73. The van der Waals surface area contributed by atoms with Crippen LogP contribution in [0.4, 0.5) is 24.5 Å². The van der Waals surface area contributed by atoms with Crippen LogP contribution in [0.1, 0.15) is 23.1 Å². The van der Waals surface area contributed by atoms with Gasteiger partial charge in [0, 0.05) is 18.0 Å². The number of nitrogens with zero attached hydrogens (tertiary/aromatic N) is 2. The van der Waals surface area contributed by atoms with Crippen LogP contribution in [0.25, 0.3) is 0 Å². The Morgan fingerprint density at radius 2 is 2.00 bits per heavy atom. The minimum Gasteiger partial charge on any atom is -0.369 e. The van der Waals surface area contributed by atoms with Crippen LogP contribution in [-0.4, -0.2) is 12.5 Å². The van der Waals surface area contributed by atoms with Crippen LogP contribution in [0.5, 0.6) is 0 Å². The molecule has 0 saturated heterocycles. The summed E-state index contributed by atoms with van der Waals surface area (Å²) >= 11 is 10.4. The van der Waals surface area contributed by atoms with E-state index in [1.54, 1.807) is 17.0 Å². The van der Waals surface area contributed by atoms with Crippen LogP contribution >= 0.6 is 24.2 Å². The molecule has 0 fully saturated rings. The molecule has 0 bridgehead atoms. The number of thiol groups is 1. The molecule has 26 heavy (non-hydrogen) atoms. The van der Waals surface area contributed by atoms with Gasteiger partial charge in [0.1, 0.15) is 0 Å². The molecule has 2 aromatic carbocycles. The van der Waals surface area contributed by atoms with Gasteiger partial charge in [-0.2, -0.15) is 25.8 Å². The third-order valence-corrected chi connectivity index (χ3v) is 4.92. The first kappa shape index (κ1) is 18.9. The van der Waals surface area contributed by atoms with Crippen LogP contribution < -0.4 is 10.6 Å². The lowest BCUT2D eigenvalue weighted by atomic mass is 9.99. The fourth-order valence-electron chi connectivity index (χ4n) is 2.91. The zero-order valence-corrected chi connectivity index (χ0v) is 15.4. The number of rotatable bonds is 2. The van der Waals surface area contributed by atoms with Crippen molar-refractivity contribution < 1.29 is 13.2 Å². The number of aliphatic imine (C=N–C) groups is 1. The monoisotopic (exact) mass is 399 g/mol. The molecule has 3 rings (SSSR count). The smallest absolute Gasteiger partial charge is 0.369 e. The number of nitrogens with two attached hydrogens (primary N) is 1. The molecule has 0 atom stereocenters. The molecule has 1 heterocycles. The molecule has 2 aromatic rings. The summed E-state index contributed by atoms with van der Waals surface area (Å²) in [5.74, 6) is 0.629. The summed E-state index contributed by atoms with van der Waals surface area (Å²) in [6.45, 7) is 0.494. The summed E-state index contributed by atoms with van der Waals surface area (Å²) in [7, 11) is 0. The number of aryl methyl sites for hydroxylation is 1. The van der Waals surface area contributed by atoms with Crippen molar-refractivity contribution >= 4 is 41.6 Å². The fourth-order valence-corrected chi connectivity index (χ4v) is 3.27. The molecular formula is C18H17ClF3N3S. The van der Waals surface area contributed by atoms with Crippen LogP contribution in [-0.2, 0) is 18.3 Å². The molecular weight excluding hydrogens is 383 g/mol. The Morgan fingerprint density at radius 3 is 2.69 bits per heavy atom. The zero-order valence-electron chi connectivity index (χ0n) is 13.7. The number of benzene rings is 2. The second kappa shape index (κ2) is 7.40. The lowest BCUT2D eigenvalue weighted by Crippen LogP contribution is -2.40. The highest BCUT2D eigenvalue weighted by Gasteiger charge is 2.32. The molecule has 0 aliphatic carbocycles. The molecule has 0 unspecified atom stereocenters. The summed E-state index contributed by atoms with van der Waals surface area (Å²) in [5, 5.41) is 0.416. The Kier molecular flexibility index (Phi) is 5.39. The van der Waals surface area contributed by atoms with Crippen molar-refractivity contribution in [2.24, 2.45) is 10.7 Å². The van der Waals surface area contributed by atoms with Gasteiger partial charge in [0.15, 0.2) is 0 Å². The van der Waals surface area contributed by atoms with E-state index < -0.39 is 11.7 Å². The summed E-state index contributed by atoms with van der Waals surface area (Å²) in [5.41, 5.74) is 8.07. The molecule has 1 aliphatic rings. The number of halogens is 4. The summed E-state index contributed by atoms with van der Waals surface area (Å²) in [6, 6.07) is 9.03. The largest absolute Gasteiger partial charge is 0.416 e. The Labute approximate surface area is 160 Å². The molecule has 0 saturated carbocycles. The zero-order chi connectivity index (χ0) is 18.9. The summed E-state index contributed by atoms with van der Waals surface area (Å²) in [4.78, 5) is 5.96. The van der Waals surface area contributed by atoms with Crippen molar-refractivity contribution in [1.82, 2.24) is 0 Å². The molecule has 1 aliphatic heterocycles. The molecule has 0 spiro atoms. The highest BCUT2D eigenvalue weighted by molar-refractivity contribution is 7.79. The maximum absolute atomic E-state index is 13.1. The standard InChI is InChI=1S/C18H17ClF3N3S/c19-14-6-3-11(10-26)8-15(14)24-17(23)25-7-1-2-12-4-5-13(9-16(12)25)18(20,21)22/h3-6,8-9,26H,1-2,7,10H2,(H2,23,24). The first-order valence-electron chi connectivity index (χ1n) is 8.00. The van der Waals surface area contributed by atoms with E-state index in [1.165, 1.54) is 6.07 Å². The Bertz CT molecular complexity index is 852. The Hall–Kier alpha value is -1.86. The molecule has 3 nitrogen and oxygen atoms in total. The molecule has 2 N–H and O–H groups in total. The van der Waals surface area contributed by atoms with Crippen molar-refractivity contribution in [2.75, 3.05) is 11.4 Å². The van der Waals surface area contributed by atoms with Gasteiger partial charge in [-0.3, -0.25) is 0 Å². The average molecular weight is 400 g/mol. The first-order valence-corrected chi connectivity index (χ1v) is 9.02. The number of guanidine groups is 1. The normalized spacial score (nSPS) is 15.1. The summed E-state index contributed by atoms with van der Waals surface area (Å²) < 4.78 is 39.2. The number of hydrogen-bond donors (Lipinski definition) is 2. The third-order valence-electron chi connectivity index (χ3n) is 4.24. The van der Waals surface area contributed by atoms with Gasteiger partial charge in [-0.15, -0.1) is 0 Å². The van der Waals surface area contributed by atoms with Gasteiger partial charge < -0.3 is 10.6 Å². The lowest BCUT2D eigenvalue weighted by molar-refractivity contribution is -0.137. The van der Waals surface area contributed by atoms with E-state index in [-0.39, 0.29) is 5.96 Å². The molecule has 0 amide bonds. The summed E-state index contributed by atoms with van der Waals surface area (Å²) in [6.07, 6.45) is -2.93. The Balaban J connectivity index is 2.01. The Morgan fingerprint density at radius 1 is 1.23 bits per heavy atom. The maximum atomic E-state index is 13.1. The van der Waals surface area contributed by atoms with Crippen molar-refractivity contribution in [3.8, 4) is 0 Å². The van der Waals surface area contributed by atoms with Gasteiger partial charge in [-0.25, -0.2) is 4.99 Å². The van der Waals surface area contributed by atoms with Crippen molar-refractivity contribution in [3.63, 3.8) is 0 Å².